The predicted molar refractivity (Wildman–Crippen MR) is 85.4 cm³/mol. The molecule has 0 aromatic heterocycles. The van der Waals surface area contributed by atoms with Crippen molar-refractivity contribution in [3.63, 3.8) is 0 Å². The van der Waals surface area contributed by atoms with Gasteiger partial charge in [-0.15, -0.1) is 0 Å². The molecule has 0 radical (unpaired) electrons. The summed E-state index contributed by atoms with van der Waals surface area (Å²) in [5.41, 5.74) is 8.64. The highest BCUT2D eigenvalue weighted by molar-refractivity contribution is 9.11. The Kier molecular flexibility index (Phi) is 4.27. The number of rotatable bonds is 2. The van der Waals surface area contributed by atoms with Crippen molar-refractivity contribution in [1.29, 1.82) is 0 Å². The second kappa shape index (κ2) is 5.75. The number of halogens is 2. The number of aryl methyl sites for hydroxylation is 1. The lowest BCUT2D eigenvalue weighted by Crippen LogP contribution is -2.13. The van der Waals surface area contributed by atoms with Crippen molar-refractivity contribution in [3.05, 3.63) is 56.5 Å². The summed E-state index contributed by atoms with van der Waals surface area (Å²) in [6.07, 6.45) is 0. The Morgan fingerprint density at radius 3 is 2.53 bits per heavy atom. The van der Waals surface area contributed by atoms with Crippen LogP contribution >= 0.6 is 31.9 Å². The van der Waals surface area contributed by atoms with E-state index in [1.807, 2.05) is 25.1 Å². The molecule has 2 rings (SSSR count). The third-order valence-corrected chi connectivity index (χ3v) is 3.82. The molecule has 1 amide bonds. The highest BCUT2D eigenvalue weighted by Crippen LogP contribution is 2.24. The van der Waals surface area contributed by atoms with E-state index < -0.39 is 0 Å². The van der Waals surface area contributed by atoms with Crippen LogP contribution in [0.4, 0.5) is 11.4 Å². The fourth-order valence-electron chi connectivity index (χ4n) is 1.69. The molecule has 0 aliphatic rings. The molecular weight excluding hydrogens is 372 g/mol. The average Bonchev–Trinajstić information content (AvgIpc) is 2.32. The standard InChI is InChI=1S/C14H12Br2N2O/c1-8-6-10(17)3-5-13(8)18-14(19)11-4-2-9(15)7-12(11)16/h2-7H,17H2,1H3,(H,18,19). The maximum Gasteiger partial charge on any atom is 0.256 e. The summed E-state index contributed by atoms with van der Waals surface area (Å²) in [6, 6.07) is 10.8. The number of carbonyl (C=O) groups excluding carboxylic acids is 1. The minimum atomic E-state index is -0.160. The Bertz CT molecular complexity index is 641. The summed E-state index contributed by atoms with van der Waals surface area (Å²) in [6.45, 7) is 1.91. The monoisotopic (exact) mass is 382 g/mol. The number of hydrogen-bond acceptors (Lipinski definition) is 2. The van der Waals surface area contributed by atoms with E-state index in [1.165, 1.54) is 0 Å². The summed E-state index contributed by atoms with van der Waals surface area (Å²) < 4.78 is 1.66. The van der Waals surface area contributed by atoms with Gasteiger partial charge in [-0.3, -0.25) is 4.79 Å². The lowest BCUT2D eigenvalue weighted by Gasteiger charge is -2.10. The van der Waals surface area contributed by atoms with Crippen molar-refractivity contribution in [2.75, 3.05) is 11.1 Å². The Labute approximate surface area is 128 Å². The number of amides is 1. The van der Waals surface area contributed by atoms with Crippen LogP contribution in [0.1, 0.15) is 15.9 Å². The van der Waals surface area contributed by atoms with Gasteiger partial charge in [-0.25, -0.2) is 0 Å². The van der Waals surface area contributed by atoms with E-state index in [2.05, 4.69) is 37.2 Å². The van der Waals surface area contributed by atoms with Gasteiger partial charge in [-0.1, -0.05) is 15.9 Å². The number of nitrogens with one attached hydrogen (secondary N) is 1. The molecule has 0 aliphatic carbocycles. The van der Waals surface area contributed by atoms with Gasteiger partial charge in [0, 0.05) is 20.3 Å². The van der Waals surface area contributed by atoms with Gasteiger partial charge in [0.05, 0.1) is 5.56 Å². The Balaban J connectivity index is 2.25. The summed E-state index contributed by atoms with van der Waals surface area (Å²) in [5, 5.41) is 2.87. The van der Waals surface area contributed by atoms with Gasteiger partial charge in [0.25, 0.3) is 5.91 Å². The highest BCUT2D eigenvalue weighted by atomic mass is 79.9. The summed E-state index contributed by atoms with van der Waals surface area (Å²) in [5.74, 6) is -0.160. The van der Waals surface area contributed by atoms with Crippen molar-refractivity contribution < 1.29 is 4.79 Å². The minimum Gasteiger partial charge on any atom is -0.399 e. The van der Waals surface area contributed by atoms with E-state index in [1.54, 1.807) is 18.2 Å². The first-order valence-corrected chi connectivity index (χ1v) is 7.18. The molecule has 0 heterocycles. The molecule has 2 aromatic carbocycles. The second-order valence-corrected chi connectivity index (χ2v) is 5.92. The highest BCUT2D eigenvalue weighted by Gasteiger charge is 2.11. The van der Waals surface area contributed by atoms with Crippen molar-refractivity contribution >= 4 is 49.1 Å². The van der Waals surface area contributed by atoms with E-state index in [-0.39, 0.29) is 5.91 Å². The Morgan fingerprint density at radius 2 is 1.89 bits per heavy atom. The van der Waals surface area contributed by atoms with Crippen LogP contribution in [0.5, 0.6) is 0 Å². The molecule has 0 atom stereocenters. The maximum absolute atomic E-state index is 12.2. The van der Waals surface area contributed by atoms with Crippen LogP contribution in [0.2, 0.25) is 0 Å². The number of anilines is 2. The molecule has 0 unspecified atom stereocenters. The summed E-state index contributed by atoms with van der Waals surface area (Å²) >= 11 is 6.74. The van der Waals surface area contributed by atoms with Gasteiger partial charge >= 0.3 is 0 Å². The van der Waals surface area contributed by atoms with Crippen LogP contribution in [-0.2, 0) is 0 Å². The van der Waals surface area contributed by atoms with Crippen LogP contribution in [0.25, 0.3) is 0 Å². The van der Waals surface area contributed by atoms with E-state index >= 15 is 0 Å². The van der Waals surface area contributed by atoms with E-state index in [4.69, 9.17) is 5.73 Å². The minimum absolute atomic E-state index is 0.160. The van der Waals surface area contributed by atoms with Gasteiger partial charge in [0.2, 0.25) is 0 Å². The van der Waals surface area contributed by atoms with Crippen LogP contribution in [-0.4, -0.2) is 5.91 Å². The number of nitrogens with two attached hydrogens (primary N) is 1. The van der Waals surface area contributed by atoms with Crippen molar-refractivity contribution in [2.45, 2.75) is 6.92 Å². The summed E-state index contributed by atoms with van der Waals surface area (Å²) in [7, 11) is 0. The lowest BCUT2D eigenvalue weighted by atomic mass is 10.1. The molecular formula is C14H12Br2N2O. The number of carbonyl (C=O) groups is 1. The van der Waals surface area contributed by atoms with Gasteiger partial charge in [0.15, 0.2) is 0 Å². The largest absolute Gasteiger partial charge is 0.399 e. The van der Waals surface area contributed by atoms with Crippen LogP contribution in [0.15, 0.2) is 45.3 Å². The van der Waals surface area contributed by atoms with Crippen molar-refractivity contribution in [1.82, 2.24) is 0 Å². The number of benzene rings is 2. The van der Waals surface area contributed by atoms with Crippen LogP contribution in [0, 0.1) is 6.92 Å². The third-order valence-electron chi connectivity index (χ3n) is 2.67. The fourth-order valence-corrected chi connectivity index (χ4v) is 2.92. The quantitative estimate of drug-likeness (QED) is 0.757. The molecule has 0 fully saturated rings. The van der Waals surface area contributed by atoms with E-state index in [0.29, 0.717) is 11.3 Å². The molecule has 0 saturated carbocycles. The van der Waals surface area contributed by atoms with E-state index in [9.17, 15) is 4.79 Å². The molecule has 3 N–H and O–H groups in total. The molecule has 2 aromatic rings. The average molecular weight is 384 g/mol. The maximum atomic E-state index is 12.2. The predicted octanol–water partition coefficient (Wildman–Crippen LogP) is 4.35. The molecule has 98 valence electrons. The first-order chi connectivity index (χ1) is 8.97. The van der Waals surface area contributed by atoms with Gasteiger partial charge < -0.3 is 11.1 Å². The lowest BCUT2D eigenvalue weighted by molar-refractivity contribution is 0.102. The second-order valence-electron chi connectivity index (χ2n) is 4.15. The van der Waals surface area contributed by atoms with E-state index in [0.717, 1.165) is 20.2 Å². The zero-order valence-electron chi connectivity index (χ0n) is 10.2. The Morgan fingerprint density at radius 1 is 1.16 bits per heavy atom. The number of hydrogen-bond donors (Lipinski definition) is 2. The zero-order chi connectivity index (χ0) is 14.0. The first kappa shape index (κ1) is 14.1. The topological polar surface area (TPSA) is 55.1 Å². The van der Waals surface area contributed by atoms with Crippen molar-refractivity contribution in [2.24, 2.45) is 0 Å². The molecule has 0 saturated heterocycles. The Hall–Kier alpha value is -1.33. The van der Waals surface area contributed by atoms with Gasteiger partial charge in [-0.2, -0.15) is 0 Å². The normalized spacial score (nSPS) is 10.3. The third kappa shape index (κ3) is 3.36. The van der Waals surface area contributed by atoms with Gasteiger partial charge in [0.1, 0.15) is 0 Å². The SMILES string of the molecule is Cc1cc(N)ccc1NC(=O)c1ccc(Br)cc1Br. The zero-order valence-corrected chi connectivity index (χ0v) is 13.4. The molecule has 0 spiro atoms. The number of nitrogen functional groups attached to an aromatic ring is 1. The molecule has 19 heavy (non-hydrogen) atoms. The van der Waals surface area contributed by atoms with Crippen LogP contribution in [0.3, 0.4) is 0 Å². The molecule has 0 aliphatic heterocycles. The smallest absolute Gasteiger partial charge is 0.256 e. The van der Waals surface area contributed by atoms with Gasteiger partial charge in [-0.05, 0) is 64.8 Å². The van der Waals surface area contributed by atoms with Crippen molar-refractivity contribution in [3.8, 4) is 0 Å². The fraction of sp³-hybridized carbons (Fsp3) is 0.0714. The molecule has 3 nitrogen and oxygen atoms in total. The molecule has 5 heteroatoms. The molecule has 0 bridgehead atoms. The van der Waals surface area contributed by atoms with Crippen LogP contribution < -0.4 is 11.1 Å². The summed E-state index contributed by atoms with van der Waals surface area (Å²) in [4.78, 5) is 12.2. The first-order valence-electron chi connectivity index (χ1n) is 5.60.